The van der Waals surface area contributed by atoms with Crippen LogP contribution < -0.4 is 21.3 Å². The first-order chi connectivity index (χ1) is 20.6. The van der Waals surface area contributed by atoms with E-state index in [1.807, 2.05) is 0 Å². The normalized spacial score (nSPS) is 11.0. The molecule has 0 saturated carbocycles. The fourth-order valence-electron chi connectivity index (χ4n) is 3.95. The minimum atomic E-state index is -1.47. The minimum absolute atomic E-state index is 0.0139. The maximum absolute atomic E-state index is 13.3. The van der Waals surface area contributed by atoms with Gasteiger partial charge in [-0.1, -0.05) is 70.8 Å². The molecule has 0 aliphatic rings. The van der Waals surface area contributed by atoms with E-state index in [2.05, 4.69) is 20.4 Å². The quantitative estimate of drug-likeness (QED) is 0.142. The Kier molecular flexibility index (Phi) is 9.02. The summed E-state index contributed by atoms with van der Waals surface area (Å²) in [5.41, 5.74) is 1.16. The number of carbonyl (C=O) groups excluding carboxylic acids is 1. The highest BCUT2D eigenvalue weighted by Crippen LogP contribution is 2.28. The largest absolute Gasteiger partial charge is 0.484 e. The fourth-order valence-corrected chi connectivity index (χ4v) is 5.19. The zero-order valence-electron chi connectivity index (χ0n) is 21.6. The fraction of sp³-hybridized carbons (Fsp3) is 0.0714. The number of hydrogen-bond acceptors (Lipinski definition) is 8. The van der Waals surface area contributed by atoms with Gasteiger partial charge in [0, 0.05) is 15.6 Å². The molecule has 0 unspecified atom stereocenters. The molecule has 5 aromatic rings. The first kappa shape index (κ1) is 30.1. The van der Waals surface area contributed by atoms with E-state index in [9.17, 15) is 24.3 Å². The van der Waals surface area contributed by atoms with Gasteiger partial charge in [0.05, 0.1) is 27.4 Å². The first-order valence-corrected chi connectivity index (χ1v) is 14.4. The van der Waals surface area contributed by atoms with E-state index in [1.165, 1.54) is 30.3 Å². The van der Waals surface area contributed by atoms with Crippen molar-refractivity contribution in [1.29, 1.82) is 0 Å². The summed E-state index contributed by atoms with van der Waals surface area (Å²) in [6, 6.07) is 17.4. The molecule has 218 valence electrons. The number of carboxylic acids is 1. The Morgan fingerprint density at radius 1 is 0.977 bits per heavy atom. The zero-order chi connectivity index (χ0) is 30.7. The lowest BCUT2D eigenvalue weighted by molar-refractivity contribution is -0.114. The summed E-state index contributed by atoms with van der Waals surface area (Å²) in [5, 5.41) is 10.9. The van der Waals surface area contributed by atoms with Crippen LogP contribution in [-0.4, -0.2) is 42.4 Å². The summed E-state index contributed by atoms with van der Waals surface area (Å²) in [6.07, 6.45) is 0. The number of carbonyl (C=O) groups is 2. The van der Waals surface area contributed by atoms with Crippen molar-refractivity contribution in [2.24, 2.45) is 0 Å². The lowest BCUT2D eigenvalue weighted by Gasteiger charge is -2.15. The van der Waals surface area contributed by atoms with Crippen molar-refractivity contribution in [3.05, 3.63) is 114 Å². The molecular formula is C28H18Cl3N5O6S. The van der Waals surface area contributed by atoms with E-state index >= 15 is 0 Å². The number of H-pyrrole nitrogens is 1. The molecule has 0 atom stereocenters. The van der Waals surface area contributed by atoms with Crippen molar-refractivity contribution >= 4 is 69.3 Å². The number of aromatic amines is 1. The number of amides is 1. The van der Waals surface area contributed by atoms with Gasteiger partial charge in [-0.15, -0.1) is 0 Å². The Labute approximate surface area is 261 Å². The van der Waals surface area contributed by atoms with Crippen LogP contribution in [0.15, 0.2) is 81.5 Å². The number of ether oxygens (including phenoxy) is 1. The molecule has 5 rings (SSSR count). The number of thioether (sulfide) groups is 1. The molecule has 0 saturated heterocycles. The monoisotopic (exact) mass is 657 g/mol. The third kappa shape index (κ3) is 6.83. The van der Waals surface area contributed by atoms with E-state index in [0.29, 0.717) is 26.9 Å². The molecule has 0 spiro atoms. The van der Waals surface area contributed by atoms with Gasteiger partial charge in [0.15, 0.2) is 16.5 Å². The van der Waals surface area contributed by atoms with Crippen LogP contribution in [0.25, 0.3) is 22.2 Å². The summed E-state index contributed by atoms with van der Waals surface area (Å²) in [6.45, 7) is -0.231. The number of nitrogens with one attached hydrogen (secondary N) is 2. The van der Waals surface area contributed by atoms with Crippen LogP contribution in [0.5, 0.6) is 5.75 Å². The van der Waals surface area contributed by atoms with Crippen LogP contribution in [0.3, 0.4) is 0 Å². The molecule has 0 fully saturated rings. The van der Waals surface area contributed by atoms with Gasteiger partial charge >= 0.3 is 5.97 Å². The maximum atomic E-state index is 13.3. The molecule has 11 nitrogen and oxygen atoms in total. The van der Waals surface area contributed by atoms with Crippen molar-refractivity contribution in [2.75, 3.05) is 11.2 Å². The average Bonchev–Trinajstić information content (AvgIpc) is 2.97. The van der Waals surface area contributed by atoms with Crippen LogP contribution in [-0.2, 0) is 11.4 Å². The zero-order valence-corrected chi connectivity index (χ0v) is 24.7. The van der Waals surface area contributed by atoms with Gasteiger partial charge in [0.2, 0.25) is 5.91 Å². The Balaban J connectivity index is 1.40. The molecule has 0 aliphatic carbocycles. The van der Waals surface area contributed by atoms with Crippen LogP contribution >= 0.6 is 46.6 Å². The molecule has 3 N–H and O–H groups in total. The highest BCUT2D eigenvalue weighted by molar-refractivity contribution is 7.99. The van der Waals surface area contributed by atoms with Gasteiger partial charge < -0.3 is 14.8 Å². The second kappa shape index (κ2) is 12.9. The Bertz CT molecular complexity index is 2000. The molecule has 1 amide bonds. The Morgan fingerprint density at radius 2 is 1.70 bits per heavy atom. The molecule has 2 aromatic heterocycles. The van der Waals surface area contributed by atoms with Gasteiger partial charge in [0.25, 0.3) is 11.1 Å². The van der Waals surface area contributed by atoms with Crippen molar-refractivity contribution in [3.63, 3.8) is 0 Å². The number of hydrogen-bond donors (Lipinski definition) is 3. The van der Waals surface area contributed by atoms with Gasteiger partial charge in [-0.2, -0.15) is 4.68 Å². The summed E-state index contributed by atoms with van der Waals surface area (Å²) < 4.78 is 6.73. The topological polar surface area (TPSA) is 156 Å². The van der Waals surface area contributed by atoms with E-state index in [-0.39, 0.29) is 39.4 Å². The van der Waals surface area contributed by atoms with Gasteiger partial charge in [-0.25, -0.2) is 14.8 Å². The third-order valence-electron chi connectivity index (χ3n) is 5.90. The second-order valence-corrected chi connectivity index (χ2v) is 11.0. The second-order valence-electron chi connectivity index (χ2n) is 8.78. The highest BCUT2D eigenvalue weighted by atomic mass is 35.5. The van der Waals surface area contributed by atoms with Crippen LogP contribution in [0.1, 0.15) is 16.2 Å². The number of aromatic carboxylic acids is 1. The Hall–Kier alpha value is -4.36. The number of nitrogens with zero attached hydrogens (tertiary/aromatic N) is 3. The maximum Gasteiger partial charge on any atom is 0.343 e. The highest BCUT2D eigenvalue weighted by Gasteiger charge is 2.21. The third-order valence-corrected chi connectivity index (χ3v) is 7.56. The molecule has 2 heterocycles. The smallest absolute Gasteiger partial charge is 0.343 e. The van der Waals surface area contributed by atoms with Crippen molar-refractivity contribution in [3.8, 4) is 17.0 Å². The summed E-state index contributed by atoms with van der Waals surface area (Å²) in [4.78, 5) is 61.9. The van der Waals surface area contributed by atoms with Crippen LogP contribution in [0.4, 0.5) is 0 Å². The van der Waals surface area contributed by atoms with E-state index in [4.69, 9.17) is 39.5 Å². The van der Waals surface area contributed by atoms with Crippen molar-refractivity contribution < 1.29 is 19.4 Å². The predicted molar refractivity (Wildman–Crippen MR) is 164 cm³/mol. The van der Waals surface area contributed by atoms with E-state index in [1.54, 1.807) is 36.4 Å². The number of halogens is 3. The molecule has 3 aromatic carbocycles. The number of para-hydroxylation sites is 1. The predicted octanol–water partition coefficient (Wildman–Crippen LogP) is 5.25. The van der Waals surface area contributed by atoms with Gasteiger partial charge in [0.1, 0.15) is 12.4 Å². The molecule has 0 radical (unpaired) electrons. The molecule has 0 aliphatic heterocycles. The number of benzene rings is 3. The lowest BCUT2D eigenvalue weighted by atomic mass is 10.1. The summed E-state index contributed by atoms with van der Waals surface area (Å²) in [7, 11) is 0. The van der Waals surface area contributed by atoms with Gasteiger partial charge in [-0.05, 0) is 42.5 Å². The lowest BCUT2D eigenvalue weighted by Crippen LogP contribution is -2.37. The van der Waals surface area contributed by atoms with E-state index in [0.717, 1.165) is 16.4 Å². The number of carboxylic acid groups (broad SMARTS) is 1. The van der Waals surface area contributed by atoms with E-state index < -0.39 is 28.6 Å². The molecule has 0 bridgehead atoms. The van der Waals surface area contributed by atoms with Gasteiger partial charge in [-0.3, -0.25) is 19.8 Å². The first-order valence-electron chi connectivity index (χ1n) is 12.3. The average molecular weight is 659 g/mol. The molecular weight excluding hydrogens is 641 g/mol. The van der Waals surface area contributed by atoms with Crippen LogP contribution in [0.2, 0.25) is 15.1 Å². The standard InChI is InChI=1S/C28H18Cl3N5O6S/c29-15-7-5-14(6-8-15)24-23(27(40)41)25(38)34-28(33-24)43-13-22(37)35-36-21(12-42-20-10-9-16(30)11-18(20)31)32-19-4-2-1-3-17(19)26(36)39/h1-11H,12-13H2,(H,35,37)(H,40,41)(H,33,34,38). The molecule has 15 heteroatoms. The molecule has 43 heavy (non-hydrogen) atoms. The number of rotatable bonds is 9. The van der Waals surface area contributed by atoms with Crippen molar-refractivity contribution in [2.45, 2.75) is 11.8 Å². The minimum Gasteiger partial charge on any atom is -0.484 e. The SMILES string of the molecule is O=C(CSc1nc(-c2ccc(Cl)cc2)c(C(=O)O)c(=O)[nH]1)Nn1c(COc2ccc(Cl)cc2Cl)nc2ccccc2c1=O. The van der Waals surface area contributed by atoms with Crippen molar-refractivity contribution in [1.82, 2.24) is 19.6 Å². The number of aromatic nitrogens is 4. The number of fused-ring (bicyclic) bond motifs is 1. The summed E-state index contributed by atoms with van der Waals surface area (Å²) in [5.74, 6) is -2.05. The Morgan fingerprint density at radius 3 is 2.42 bits per heavy atom. The summed E-state index contributed by atoms with van der Waals surface area (Å²) >= 11 is 18.9. The van der Waals surface area contributed by atoms with Crippen LogP contribution in [0, 0.1) is 0 Å².